The van der Waals surface area contributed by atoms with Crippen LogP contribution in [-0.4, -0.2) is 27.0 Å². The van der Waals surface area contributed by atoms with Crippen LogP contribution in [0.25, 0.3) is 0 Å². The molecular weight excluding hydrogens is 344 g/mol. The number of benzene rings is 2. The third-order valence-corrected chi connectivity index (χ3v) is 3.81. The van der Waals surface area contributed by atoms with Crippen molar-refractivity contribution < 1.29 is 19.0 Å². The first kappa shape index (κ1) is 18.7. The molecule has 25 heavy (non-hydrogen) atoms. The van der Waals surface area contributed by atoms with Crippen LogP contribution in [-0.2, 0) is 0 Å². The van der Waals surface area contributed by atoms with Gasteiger partial charge in [0.1, 0.15) is 17.2 Å². The lowest BCUT2D eigenvalue weighted by Crippen LogP contribution is -2.32. The van der Waals surface area contributed by atoms with Crippen molar-refractivity contribution in [3.05, 3.63) is 46.5 Å². The summed E-state index contributed by atoms with van der Waals surface area (Å²) in [5.41, 5.74) is 2.60. The molecule has 0 spiro atoms. The number of hydrogen-bond acceptors (Lipinski definition) is 4. The maximum atomic E-state index is 12.1. The number of carbonyl (C=O) groups is 1. The third kappa shape index (κ3) is 4.93. The van der Waals surface area contributed by atoms with Gasteiger partial charge in [0.15, 0.2) is 6.73 Å². The van der Waals surface area contributed by atoms with Crippen LogP contribution in [0.3, 0.4) is 0 Å². The molecule has 2 aromatic carbocycles. The van der Waals surface area contributed by atoms with Crippen LogP contribution < -0.4 is 24.8 Å². The second kappa shape index (κ2) is 8.48. The van der Waals surface area contributed by atoms with Crippen molar-refractivity contribution in [2.45, 2.75) is 13.8 Å². The van der Waals surface area contributed by atoms with E-state index in [0.717, 1.165) is 16.9 Å². The Morgan fingerprint density at radius 2 is 1.76 bits per heavy atom. The van der Waals surface area contributed by atoms with Gasteiger partial charge in [-0.25, -0.2) is 4.79 Å². The number of ether oxygens (including phenoxy) is 3. The minimum Gasteiger partial charge on any atom is -0.495 e. The van der Waals surface area contributed by atoms with Gasteiger partial charge in [0.2, 0.25) is 0 Å². The summed E-state index contributed by atoms with van der Waals surface area (Å²) in [4.78, 5) is 12.1. The summed E-state index contributed by atoms with van der Waals surface area (Å²) in [7, 11) is 2.99. The number of nitrogens with one attached hydrogen (secondary N) is 2. The van der Waals surface area contributed by atoms with E-state index in [9.17, 15) is 4.79 Å². The number of urea groups is 1. The van der Waals surface area contributed by atoms with E-state index in [1.165, 1.54) is 14.2 Å². The Morgan fingerprint density at radius 1 is 1.04 bits per heavy atom. The number of methoxy groups -OCH3 is 2. The fourth-order valence-electron chi connectivity index (χ4n) is 2.27. The summed E-state index contributed by atoms with van der Waals surface area (Å²) in [6, 6.07) is 8.56. The topological polar surface area (TPSA) is 68.8 Å². The van der Waals surface area contributed by atoms with Crippen LogP contribution in [0.5, 0.6) is 17.2 Å². The molecule has 0 radical (unpaired) electrons. The van der Waals surface area contributed by atoms with E-state index >= 15 is 0 Å². The Bertz CT molecular complexity index is 765. The Balaban J connectivity index is 1.96. The van der Waals surface area contributed by atoms with E-state index in [0.29, 0.717) is 22.2 Å². The lowest BCUT2D eigenvalue weighted by Gasteiger charge is -2.14. The minimum atomic E-state index is -0.438. The molecule has 0 unspecified atom stereocenters. The van der Waals surface area contributed by atoms with Gasteiger partial charge in [0.05, 0.1) is 24.9 Å². The van der Waals surface area contributed by atoms with E-state index in [2.05, 4.69) is 10.6 Å². The van der Waals surface area contributed by atoms with E-state index in [-0.39, 0.29) is 6.73 Å². The van der Waals surface area contributed by atoms with Crippen LogP contribution in [0.1, 0.15) is 11.1 Å². The molecule has 0 aliphatic carbocycles. The van der Waals surface area contributed by atoms with Crippen molar-refractivity contribution in [2.24, 2.45) is 0 Å². The molecular formula is C18H21ClN2O4. The van der Waals surface area contributed by atoms with Gasteiger partial charge in [-0.15, -0.1) is 0 Å². The van der Waals surface area contributed by atoms with Crippen molar-refractivity contribution >= 4 is 23.3 Å². The average Bonchev–Trinajstić information content (AvgIpc) is 2.58. The highest BCUT2D eigenvalue weighted by Gasteiger charge is 2.12. The Hall–Kier alpha value is -2.60. The number of rotatable bonds is 6. The predicted octanol–water partition coefficient (Wildman–Crippen LogP) is 4.13. The zero-order valence-electron chi connectivity index (χ0n) is 14.6. The van der Waals surface area contributed by atoms with Gasteiger partial charge in [0.25, 0.3) is 0 Å². The van der Waals surface area contributed by atoms with Crippen LogP contribution in [0.4, 0.5) is 10.5 Å². The van der Waals surface area contributed by atoms with Gasteiger partial charge >= 0.3 is 6.03 Å². The molecule has 0 atom stereocenters. The Kier molecular flexibility index (Phi) is 6.36. The maximum Gasteiger partial charge on any atom is 0.321 e. The van der Waals surface area contributed by atoms with Crippen molar-refractivity contribution in [2.75, 3.05) is 26.3 Å². The third-order valence-electron chi connectivity index (χ3n) is 3.51. The molecule has 0 bridgehead atoms. The highest BCUT2D eigenvalue weighted by Crippen LogP contribution is 2.35. The van der Waals surface area contributed by atoms with Gasteiger partial charge in [0, 0.05) is 12.1 Å². The van der Waals surface area contributed by atoms with Crippen LogP contribution in [0, 0.1) is 13.8 Å². The first-order chi connectivity index (χ1) is 11.9. The molecule has 7 heteroatoms. The molecule has 2 rings (SSSR count). The second-order valence-corrected chi connectivity index (χ2v) is 5.78. The highest BCUT2D eigenvalue weighted by atomic mass is 35.5. The minimum absolute atomic E-state index is 0.0305. The molecule has 0 saturated carbocycles. The van der Waals surface area contributed by atoms with E-state index in [1.54, 1.807) is 12.1 Å². The summed E-state index contributed by atoms with van der Waals surface area (Å²) in [6.07, 6.45) is 0. The molecule has 2 N–H and O–H groups in total. The van der Waals surface area contributed by atoms with Crippen LogP contribution >= 0.6 is 11.6 Å². The largest absolute Gasteiger partial charge is 0.495 e. The first-order valence-corrected chi connectivity index (χ1v) is 7.98. The zero-order chi connectivity index (χ0) is 18.4. The first-order valence-electron chi connectivity index (χ1n) is 7.61. The molecule has 0 aliphatic rings. The summed E-state index contributed by atoms with van der Waals surface area (Å²) in [5.74, 6) is 1.58. The van der Waals surface area contributed by atoms with Gasteiger partial charge in [-0.3, -0.25) is 0 Å². The monoisotopic (exact) mass is 364 g/mol. The van der Waals surface area contributed by atoms with Crippen molar-refractivity contribution in [1.29, 1.82) is 0 Å². The standard InChI is InChI=1S/C18H21ClN2O4/c1-11-5-6-15(12(2)7-11)25-10-20-18(22)21-14-9-16(23-3)13(19)8-17(14)24-4/h5-9H,10H2,1-4H3,(H2,20,21,22). The molecule has 2 aromatic rings. The van der Waals surface area contributed by atoms with Gasteiger partial charge < -0.3 is 24.8 Å². The van der Waals surface area contributed by atoms with Crippen LogP contribution in [0.2, 0.25) is 5.02 Å². The molecule has 0 fully saturated rings. The average molecular weight is 365 g/mol. The number of carbonyl (C=O) groups excluding carboxylic acids is 1. The van der Waals surface area contributed by atoms with Crippen molar-refractivity contribution in [3.8, 4) is 17.2 Å². The summed E-state index contributed by atoms with van der Waals surface area (Å²) >= 11 is 6.04. The van der Waals surface area contributed by atoms with Gasteiger partial charge in [-0.2, -0.15) is 0 Å². The molecule has 2 amide bonds. The lowest BCUT2D eigenvalue weighted by molar-refractivity contribution is 0.234. The van der Waals surface area contributed by atoms with Gasteiger partial charge in [-0.05, 0) is 25.5 Å². The SMILES string of the molecule is COc1cc(NC(=O)NCOc2ccc(C)cc2C)c(OC)cc1Cl. The van der Waals surface area contributed by atoms with Crippen molar-refractivity contribution in [3.63, 3.8) is 0 Å². The number of anilines is 1. The molecule has 0 saturated heterocycles. The highest BCUT2D eigenvalue weighted by molar-refractivity contribution is 6.32. The van der Waals surface area contributed by atoms with Gasteiger partial charge in [-0.1, -0.05) is 29.3 Å². The normalized spacial score (nSPS) is 10.1. The fraction of sp³-hybridized carbons (Fsp3) is 0.278. The summed E-state index contributed by atoms with van der Waals surface area (Å²) in [6.45, 7) is 3.99. The molecule has 0 aromatic heterocycles. The Morgan fingerprint density at radius 3 is 2.40 bits per heavy atom. The number of hydrogen-bond donors (Lipinski definition) is 2. The molecule has 6 nitrogen and oxygen atoms in total. The van der Waals surface area contributed by atoms with E-state index in [4.69, 9.17) is 25.8 Å². The molecule has 0 aliphatic heterocycles. The zero-order valence-corrected chi connectivity index (χ0v) is 15.4. The number of aryl methyl sites for hydroxylation is 2. The molecule has 0 heterocycles. The van der Waals surface area contributed by atoms with Crippen molar-refractivity contribution in [1.82, 2.24) is 5.32 Å². The van der Waals surface area contributed by atoms with Crippen LogP contribution in [0.15, 0.2) is 30.3 Å². The Labute approximate surface area is 152 Å². The van der Waals surface area contributed by atoms with E-state index in [1.807, 2.05) is 32.0 Å². The quantitative estimate of drug-likeness (QED) is 0.756. The van der Waals surface area contributed by atoms with E-state index < -0.39 is 6.03 Å². The smallest absolute Gasteiger partial charge is 0.321 e. The summed E-state index contributed by atoms with van der Waals surface area (Å²) in [5, 5.41) is 5.70. The maximum absolute atomic E-state index is 12.1. The summed E-state index contributed by atoms with van der Waals surface area (Å²) < 4.78 is 15.9. The predicted molar refractivity (Wildman–Crippen MR) is 98.1 cm³/mol. The number of halogens is 1. The molecule has 134 valence electrons. The second-order valence-electron chi connectivity index (χ2n) is 5.38. The number of amides is 2. The lowest BCUT2D eigenvalue weighted by atomic mass is 10.1. The fourth-order valence-corrected chi connectivity index (χ4v) is 2.50.